The van der Waals surface area contributed by atoms with Gasteiger partial charge in [-0.2, -0.15) is 0 Å². The van der Waals surface area contributed by atoms with E-state index in [-0.39, 0.29) is 0 Å². The lowest BCUT2D eigenvalue weighted by molar-refractivity contribution is -0.139. The summed E-state index contributed by atoms with van der Waals surface area (Å²) in [6.45, 7) is 3.73. The molecular formula is C16H18N2O3. The number of nitrogens with one attached hydrogen (secondary N) is 1. The van der Waals surface area contributed by atoms with E-state index in [9.17, 15) is 9.59 Å². The fraction of sp³-hybridized carbons (Fsp3) is 0.312. The highest BCUT2D eigenvalue weighted by atomic mass is 16.4. The zero-order valence-corrected chi connectivity index (χ0v) is 12.1. The Balaban J connectivity index is 2.35. The number of hydrogen-bond donors (Lipinski definition) is 2. The molecule has 110 valence electrons. The van der Waals surface area contributed by atoms with Gasteiger partial charge in [0.1, 0.15) is 6.04 Å². The number of pyridine rings is 1. The summed E-state index contributed by atoms with van der Waals surface area (Å²) in [6.07, 6.45) is 1.09. The normalized spacial score (nSPS) is 12.1. The average Bonchev–Trinajstić information content (AvgIpc) is 2.45. The third kappa shape index (κ3) is 3.37. The number of fused-ring (bicyclic) bond motifs is 1. The minimum atomic E-state index is -1.02. The number of carbonyl (C=O) groups excluding carboxylic acids is 1. The molecule has 0 aliphatic rings. The number of nitrogens with zero attached hydrogens (tertiary/aromatic N) is 1. The lowest BCUT2D eigenvalue weighted by Gasteiger charge is -2.14. The molecule has 0 radical (unpaired) electrons. The number of carboxylic acids is 1. The molecule has 0 saturated carbocycles. The van der Waals surface area contributed by atoms with E-state index in [1.54, 1.807) is 12.1 Å². The van der Waals surface area contributed by atoms with Crippen LogP contribution in [0.1, 0.15) is 35.8 Å². The molecule has 1 unspecified atom stereocenters. The van der Waals surface area contributed by atoms with Crippen LogP contribution in [0.4, 0.5) is 0 Å². The van der Waals surface area contributed by atoms with Crippen molar-refractivity contribution in [2.75, 3.05) is 0 Å². The highest BCUT2D eigenvalue weighted by molar-refractivity contribution is 6.06. The Hall–Kier alpha value is -2.43. The van der Waals surface area contributed by atoms with Crippen LogP contribution < -0.4 is 5.32 Å². The Labute approximate surface area is 123 Å². The van der Waals surface area contributed by atoms with Crippen LogP contribution in [0.2, 0.25) is 0 Å². The number of para-hydroxylation sites is 1. The molecule has 0 aliphatic carbocycles. The molecule has 0 bridgehead atoms. The first kappa shape index (κ1) is 15.0. The van der Waals surface area contributed by atoms with Crippen LogP contribution in [0, 0.1) is 6.92 Å². The summed E-state index contributed by atoms with van der Waals surface area (Å²) >= 11 is 0. The van der Waals surface area contributed by atoms with Crippen LogP contribution in [-0.2, 0) is 4.79 Å². The maximum absolute atomic E-state index is 12.3. The molecule has 0 aliphatic heterocycles. The Morgan fingerprint density at radius 3 is 2.71 bits per heavy atom. The van der Waals surface area contributed by atoms with Gasteiger partial charge in [-0.05, 0) is 25.5 Å². The second-order valence-corrected chi connectivity index (χ2v) is 4.98. The zero-order valence-electron chi connectivity index (χ0n) is 12.1. The van der Waals surface area contributed by atoms with E-state index in [1.807, 2.05) is 32.0 Å². The second kappa shape index (κ2) is 6.35. The zero-order chi connectivity index (χ0) is 15.4. The van der Waals surface area contributed by atoms with Crippen LogP contribution in [0.5, 0.6) is 0 Å². The molecule has 5 heteroatoms. The third-order valence-corrected chi connectivity index (χ3v) is 3.28. The van der Waals surface area contributed by atoms with Crippen molar-refractivity contribution in [1.29, 1.82) is 0 Å². The van der Waals surface area contributed by atoms with Crippen LogP contribution in [0.15, 0.2) is 30.3 Å². The third-order valence-electron chi connectivity index (χ3n) is 3.28. The van der Waals surface area contributed by atoms with Gasteiger partial charge in [0.15, 0.2) is 0 Å². The lowest BCUT2D eigenvalue weighted by atomic mass is 10.1. The van der Waals surface area contributed by atoms with E-state index in [1.165, 1.54) is 0 Å². The topological polar surface area (TPSA) is 79.3 Å². The summed E-state index contributed by atoms with van der Waals surface area (Å²) < 4.78 is 0. The SMILES string of the molecule is CCCC(NC(=O)c1cccc2ccc(C)nc12)C(=O)O. The second-order valence-electron chi connectivity index (χ2n) is 4.98. The first-order valence-electron chi connectivity index (χ1n) is 6.93. The fourth-order valence-corrected chi connectivity index (χ4v) is 2.21. The van der Waals surface area contributed by atoms with Crippen LogP contribution in [0.3, 0.4) is 0 Å². The summed E-state index contributed by atoms with van der Waals surface area (Å²) in [5.41, 5.74) is 1.81. The van der Waals surface area contributed by atoms with E-state index in [4.69, 9.17) is 5.11 Å². The quantitative estimate of drug-likeness (QED) is 0.885. The summed E-state index contributed by atoms with van der Waals surface area (Å²) in [6, 6.07) is 8.21. The van der Waals surface area contributed by atoms with Gasteiger partial charge in [-0.1, -0.05) is 31.5 Å². The summed E-state index contributed by atoms with van der Waals surface area (Å²) in [7, 11) is 0. The number of rotatable bonds is 5. The Kier molecular flexibility index (Phi) is 4.52. The predicted octanol–water partition coefficient (Wildman–Crippen LogP) is 2.53. The maximum atomic E-state index is 12.3. The van der Waals surface area contributed by atoms with Crippen molar-refractivity contribution in [2.24, 2.45) is 0 Å². The van der Waals surface area contributed by atoms with Crippen molar-refractivity contribution in [2.45, 2.75) is 32.7 Å². The number of hydrogen-bond acceptors (Lipinski definition) is 3. The van der Waals surface area contributed by atoms with Crippen molar-refractivity contribution in [3.05, 3.63) is 41.6 Å². The molecule has 1 aromatic carbocycles. The van der Waals surface area contributed by atoms with Gasteiger partial charge in [0.25, 0.3) is 5.91 Å². The van der Waals surface area contributed by atoms with E-state index in [0.717, 1.165) is 11.1 Å². The number of carbonyl (C=O) groups is 2. The first-order valence-corrected chi connectivity index (χ1v) is 6.93. The monoisotopic (exact) mass is 286 g/mol. The predicted molar refractivity (Wildman–Crippen MR) is 80.3 cm³/mol. The van der Waals surface area contributed by atoms with Gasteiger partial charge in [-0.3, -0.25) is 9.78 Å². The fourth-order valence-electron chi connectivity index (χ4n) is 2.21. The number of aromatic nitrogens is 1. The van der Waals surface area contributed by atoms with Gasteiger partial charge < -0.3 is 10.4 Å². The number of aryl methyl sites for hydroxylation is 1. The largest absolute Gasteiger partial charge is 0.480 e. The molecule has 0 spiro atoms. The number of carboxylic acid groups (broad SMARTS) is 1. The van der Waals surface area contributed by atoms with Crippen LogP contribution in [0.25, 0.3) is 10.9 Å². The van der Waals surface area contributed by atoms with Gasteiger partial charge in [0.2, 0.25) is 0 Å². The number of benzene rings is 1. The van der Waals surface area contributed by atoms with Crippen molar-refractivity contribution < 1.29 is 14.7 Å². The van der Waals surface area contributed by atoms with Gasteiger partial charge in [-0.15, -0.1) is 0 Å². The smallest absolute Gasteiger partial charge is 0.326 e. The Bertz CT molecular complexity index is 682. The van der Waals surface area contributed by atoms with Crippen molar-refractivity contribution >= 4 is 22.8 Å². The number of amides is 1. The van der Waals surface area contributed by atoms with Crippen molar-refractivity contribution in [1.82, 2.24) is 10.3 Å². The summed E-state index contributed by atoms with van der Waals surface area (Å²) in [4.78, 5) is 27.9. The molecular weight excluding hydrogens is 268 g/mol. The Morgan fingerprint density at radius 1 is 1.29 bits per heavy atom. The molecule has 0 saturated heterocycles. The van der Waals surface area contributed by atoms with E-state index in [2.05, 4.69) is 10.3 Å². The van der Waals surface area contributed by atoms with Crippen molar-refractivity contribution in [3.8, 4) is 0 Å². The molecule has 21 heavy (non-hydrogen) atoms. The molecule has 5 nitrogen and oxygen atoms in total. The van der Waals surface area contributed by atoms with Crippen LogP contribution in [-0.4, -0.2) is 28.0 Å². The van der Waals surface area contributed by atoms with Gasteiger partial charge in [0, 0.05) is 11.1 Å². The molecule has 1 atom stereocenters. The Morgan fingerprint density at radius 2 is 2.05 bits per heavy atom. The van der Waals surface area contributed by atoms with Crippen molar-refractivity contribution in [3.63, 3.8) is 0 Å². The molecule has 2 aromatic rings. The van der Waals surface area contributed by atoms with Crippen LogP contribution >= 0.6 is 0 Å². The maximum Gasteiger partial charge on any atom is 0.326 e. The van der Waals surface area contributed by atoms with Gasteiger partial charge >= 0.3 is 5.97 Å². The molecule has 1 heterocycles. The van der Waals surface area contributed by atoms with Gasteiger partial charge in [-0.25, -0.2) is 4.79 Å². The minimum Gasteiger partial charge on any atom is -0.480 e. The van der Waals surface area contributed by atoms with Gasteiger partial charge in [0.05, 0.1) is 11.1 Å². The highest BCUT2D eigenvalue weighted by Gasteiger charge is 2.21. The number of aliphatic carboxylic acids is 1. The summed E-state index contributed by atoms with van der Waals surface area (Å²) in [5.74, 6) is -1.42. The first-order chi connectivity index (χ1) is 10.0. The van der Waals surface area contributed by atoms with E-state index >= 15 is 0 Å². The molecule has 1 aromatic heterocycles. The standard InChI is InChI=1S/C16H18N2O3/c1-3-5-13(16(20)21)18-15(19)12-7-4-6-11-9-8-10(2)17-14(11)12/h4,6-9,13H,3,5H2,1-2H3,(H,18,19)(H,20,21). The average molecular weight is 286 g/mol. The molecule has 2 N–H and O–H groups in total. The molecule has 2 rings (SSSR count). The molecule has 0 fully saturated rings. The summed E-state index contributed by atoms with van der Waals surface area (Å²) in [5, 5.41) is 12.6. The molecule has 1 amide bonds. The lowest BCUT2D eigenvalue weighted by Crippen LogP contribution is -2.40. The van der Waals surface area contributed by atoms with E-state index < -0.39 is 17.9 Å². The highest BCUT2D eigenvalue weighted by Crippen LogP contribution is 2.17. The van der Waals surface area contributed by atoms with E-state index in [0.29, 0.717) is 23.9 Å². The minimum absolute atomic E-state index is 0.401.